The number of carbonyl (C=O) groups is 2. The molecule has 1 aliphatic rings. The zero-order valence-corrected chi connectivity index (χ0v) is 20.1. The largest absolute Gasteiger partial charge is 0.497 e. The minimum absolute atomic E-state index is 0.493. The summed E-state index contributed by atoms with van der Waals surface area (Å²) in [7, 11) is 2.85. The lowest BCUT2D eigenvalue weighted by molar-refractivity contribution is -0.149. The zero-order chi connectivity index (χ0) is 24.8. The van der Waals surface area contributed by atoms with Crippen LogP contribution in [-0.4, -0.2) is 39.0 Å². The van der Waals surface area contributed by atoms with Gasteiger partial charge in [-0.15, -0.1) is 0 Å². The summed E-state index contributed by atoms with van der Waals surface area (Å²) in [6.45, 7) is 2.57. The van der Waals surface area contributed by atoms with Crippen LogP contribution in [0.1, 0.15) is 31.4 Å². The summed E-state index contributed by atoms with van der Waals surface area (Å²) < 4.78 is 21.9. The molecule has 3 aromatic rings. The third-order valence-corrected chi connectivity index (χ3v) is 5.97. The van der Waals surface area contributed by atoms with Crippen LogP contribution in [0.2, 0.25) is 0 Å². The summed E-state index contributed by atoms with van der Waals surface area (Å²) in [5, 5.41) is 0. The smallest absolute Gasteiger partial charge is 0.415 e. The normalized spacial score (nSPS) is 17.1. The predicted molar refractivity (Wildman–Crippen MR) is 133 cm³/mol. The summed E-state index contributed by atoms with van der Waals surface area (Å²) in [6.07, 6.45) is 0.0491. The van der Waals surface area contributed by atoms with Crippen molar-refractivity contribution in [1.29, 1.82) is 0 Å². The van der Waals surface area contributed by atoms with Crippen LogP contribution in [-0.2, 0) is 14.3 Å². The highest BCUT2D eigenvalue weighted by Crippen LogP contribution is 2.43. The second-order valence-electron chi connectivity index (χ2n) is 8.16. The summed E-state index contributed by atoms with van der Waals surface area (Å²) >= 11 is 0. The lowest BCUT2D eigenvalue weighted by Crippen LogP contribution is -2.33. The van der Waals surface area contributed by atoms with Crippen molar-refractivity contribution in [3.63, 3.8) is 0 Å². The molecule has 0 aliphatic carbocycles. The number of amides is 1. The maximum Gasteiger partial charge on any atom is 0.415 e. The molecule has 1 fully saturated rings. The molecule has 0 radical (unpaired) electrons. The molecule has 4 rings (SSSR count). The van der Waals surface area contributed by atoms with Crippen molar-refractivity contribution >= 4 is 17.7 Å². The highest BCUT2D eigenvalue weighted by molar-refractivity contribution is 5.96. The Balaban J connectivity index is 1.76. The Morgan fingerprint density at radius 1 is 0.971 bits per heavy atom. The fraction of sp³-hybridized carbons (Fsp3) is 0.286. The molecule has 7 heteroatoms. The standard InChI is InChI=1S/C28H29NO6/c1-4-5-17-34-24-18-22(32-2)15-16-23(24)25-26(27(30)33-3)35-28(31)29(25)21-13-11-20(12-14-21)19-9-7-6-8-10-19/h6-16,18,25-26H,4-5,17H2,1-3H3/t25-,26+/m1/s1. The first-order valence-corrected chi connectivity index (χ1v) is 11.6. The fourth-order valence-corrected chi connectivity index (χ4v) is 4.12. The highest BCUT2D eigenvalue weighted by Gasteiger charge is 2.49. The molecule has 0 N–H and O–H groups in total. The lowest BCUT2D eigenvalue weighted by atomic mass is 9.98. The molecule has 1 aliphatic heterocycles. The first kappa shape index (κ1) is 24.1. The Morgan fingerprint density at radius 2 is 1.69 bits per heavy atom. The monoisotopic (exact) mass is 475 g/mol. The van der Waals surface area contributed by atoms with Crippen LogP contribution >= 0.6 is 0 Å². The zero-order valence-electron chi connectivity index (χ0n) is 20.1. The van der Waals surface area contributed by atoms with E-state index in [0.29, 0.717) is 29.4 Å². The number of nitrogens with zero attached hydrogens (tertiary/aromatic N) is 1. The minimum atomic E-state index is -1.15. The number of benzene rings is 3. The number of unbranched alkanes of at least 4 members (excludes halogenated alkanes) is 1. The number of rotatable bonds is 9. The van der Waals surface area contributed by atoms with Crippen molar-refractivity contribution in [2.45, 2.75) is 31.9 Å². The van der Waals surface area contributed by atoms with Crippen LogP contribution in [0.5, 0.6) is 11.5 Å². The Labute approximate surface area is 205 Å². The Hall–Kier alpha value is -4.00. The van der Waals surface area contributed by atoms with Gasteiger partial charge in [0.05, 0.1) is 20.8 Å². The van der Waals surface area contributed by atoms with Gasteiger partial charge in [-0.1, -0.05) is 55.8 Å². The number of methoxy groups -OCH3 is 2. The van der Waals surface area contributed by atoms with Gasteiger partial charge in [-0.3, -0.25) is 4.90 Å². The molecule has 0 spiro atoms. The summed E-state index contributed by atoms with van der Waals surface area (Å²) in [6, 6.07) is 22.1. The van der Waals surface area contributed by atoms with Crippen molar-refractivity contribution in [1.82, 2.24) is 0 Å². The number of ether oxygens (including phenoxy) is 4. The van der Waals surface area contributed by atoms with E-state index in [-0.39, 0.29) is 0 Å². The Kier molecular flexibility index (Phi) is 7.55. The van der Waals surface area contributed by atoms with Gasteiger partial charge in [-0.2, -0.15) is 0 Å². The van der Waals surface area contributed by atoms with E-state index in [1.807, 2.05) is 54.6 Å². The molecule has 7 nitrogen and oxygen atoms in total. The second kappa shape index (κ2) is 11.0. The van der Waals surface area contributed by atoms with Gasteiger partial charge < -0.3 is 18.9 Å². The third kappa shape index (κ3) is 5.09. The van der Waals surface area contributed by atoms with Crippen molar-refractivity contribution in [2.24, 2.45) is 0 Å². The van der Waals surface area contributed by atoms with Gasteiger partial charge >= 0.3 is 12.1 Å². The number of carbonyl (C=O) groups excluding carboxylic acids is 2. The van der Waals surface area contributed by atoms with E-state index >= 15 is 0 Å². The Bertz CT molecular complexity index is 1160. The molecule has 0 bridgehead atoms. The van der Waals surface area contributed by atoms with Crippen LogP contribution in [0.15, 0.2) is 72.8 Å². The van der Waals surface area contributed by atoms with E-state index in [1.54, 1.807) is 25.3 Å². The van der Waals surface area contributed by atoms with Gasteiger partial charge in [-0.05, 0) is 41.8 Å². The van der Waals surface area contributed by atoms with Crippen molar-refractivity contribution < 1.29 is 28.5 Å². The van der Waals surface area contributed by atoms with Crippen LogP contribution in [0, 0.1) is 0 Å². The molecule has 3 aromatic carbocycles. The first-order valence-electron chi connectivity index (χ1n) is 11.6. The quantitative estimate of drug-likeness (QED) is 0.288. The number of hydrogen-bond donors (Lipinski definition) is 0. The van der Waals surface area contributed by atoms with E-state index < -0.39 is 24.2 Å². The summed E-state index contributed by atoms with van der Waals surface area (Å²) in [5.41, 5.74) is 3.31. The molecular formula is C28H29NO6. The summed E-state index contributed by atoms with van der Waals surface area (Å²) in [4.78, 5) is 27.2. The number of esters is 1. The second-order valence-corrected chi connectivity index (χ2v) is 8.16. The van der Waals surface area contributed by atoms with Crippen molar-refractivity contribution in [3.05, 3.63) is 78.4 Å². The highest BCUT2D eigenvalue weighted by atomic mass is 16.6. The molecule has 1 saturated heterocycles. The van der Waals surface area contributed by atoms with Gasteiger partial charge in [0.15, 0.2) is 0 Å². The van der Waals surface area contributed by atoms with Gasteiger partial charge in [0.2, 0.25) is 6.10 Å². The molecule has 0 unspecified atom stereocenters. The van der Waals surface area contributed by atoms with Gasteiger partial charge in [0.1, 0.15) is 17.5 Å². The van der Waals surface area contributed by atoms with E-state index in [4.69, 9.17) is 18.9 Å². The van der Waals surface area contributed by atoms with Crippen LogP contribution in [0.4, 0.5) is 10.5 Å². The molecule has 2 atom stereocenters. The molecule has 0 saturated carbocycles. The molecule has 182 valence electrons. The van der Waals surface area contributed by atoms with Crippen molar-refractivity contribution in [3.8, 4) is 22.6 Å². The van der Waals surface area contributed by atoms with Gasteiger partial charge in [0.25, 0.3) is 0 Å². The fourth-order valence-electron chi connectivity index (χ4n) is 4.12. The lowest BCUT2D eigenvalue weighted by Gasteiger charge is -2.26. The molecule has 35 heavy (non-hydrogen) atoms. The number of hydrogen-bond acceptors (Lipinski definition) is 6. The Morgan fingerprint density at radius 3 is 2.34 bits per heavy atom. The average molecular weight is 476 g/mol. The van der Waals surface area contributed by atoms with Crippen LogP contribution in [0.25, 0.3) is 11.1 Å². The van der Waals surface area contributed by atoms with Gasteiger partial charge in [-0.25, -0.2) is 9.59 Å². The van der Waals surface area contributed by atoms with E-state index in [0.717, 1.165) is 24.0 Å². The SMILES string of the molecule is CCCCOc1cc(OC)ccc1[C@@H]1[C@@H](C(=O)OC)OC(=O)N1c1ccc(-c2ccccc2)cc1. The van der Waals surface area contributed by atoms with Crippen molar-refractivity contribution in [2.75, 3.05) is 25.7 Å². The maximum absolute atomic E-state index is 13.1. The topological polar surface area (TPSA) is 74.3 Å². The summed E-state index contributed by atoms with van der Waals surface area (Å²) in [5.74, 6) is 0.502. The molecular weight excluding hydrogens is 446 g/mol. The van der Waals surface area contributed by atoms with E-state index in [9.17, 15) is 9.59 Å². The predicted octanol–water partition coefficient (Wildman–Crippen LogP) is 5.78. The third-order valence-electron chi connectivity index (χ3n) is 5.97. The number of anilines is 1. The molecule has 1 amide bonds. The van der Waals surface area contributed by atoms with Gasteiger partial charge in [0, 0.05) is 17.3 Å². The first-order chi connectivity index (χ1) is 17.1. The van der Waals surface area contributed by atoms with E-state index in [1.165, 1.54) is 12.0 Å². The van der Waals surface area contributed by atoms with Crippen LogP contribution in [0.3, 0.4) is 0 Å². The molecule has 1 heterocycles. The minimum Gasteiger partial charge on any atom is -0.497 e. The average Bonchev–Trinajstić information content (AvgIpc) is 3.25. The van der Waals surface area contributed by atoms with E-state index in [2.05, 4.69) is 6.92 Å². The van der Waals surface area contributed by atoms with Crippen LogP contribution < -0.4 is 14.4 Å². The maximum atomic E-state index is 13.1. The number of cyclic esters (lactones) is 1. The molecule has 0 aromatic heterocycles.